The molecule has 1 aromatic carbocycles. The summed E-state index contributed by atoms with van der Waals surface area (Å²) in [6, 6.07) is 10.2. The molecule has 2 saturated heterocycles. The van der Waals surface area contributed by atoms with Crippen LogP contribution in [0.5, 0.6) is 0 Å². The first-order chi connectivity index (χ1) is 10.7. The topological polar surface area (TPSA) is 75.8 Å². The Labute approximate surface area is 131 Å². The normalized spacial score (nSPS) is 29.3. The summed E-state index contributed by atoms with van der Waals surface area (Å²) in [7, 11) is 0. The molecule has 3 unspecified atom stereocenters. The second-order valence-electron chi connectivity index (χ2n) is 6.26. The molecule has 5 heteroatoms. The fourth-order valence-corrected chi connectivity index (χ4v) is 3.87. The van der Waals surface area contributed by atoms with Crippen LogP contribution >= 0.6 is 0 Å². The lowest BCUT2D eigenvalue weighted by atomic mass is 9.98. The Hall–Kier alpha value is -1.43. The maximum absolute atomic E-state index is 12.4. The van der Waals surface area contributed by atoms with Crippen molar-refractivity contribution >= 4 is 5.97 Å². The van der Waals surface area contributed by atoms with Crippen molar-refractivity contribution in [2.24, 2.45) is 5.73 Å². The van der Waals surface area contributed by atoms with Gasteiger partial charge in [0.1, 0.15) is 12.0 Å². The summed E-state index contributed by atoms with van der Waals surface area (Å²) in [5, 5.41) is 9.55. The standard InChI is InChI=1S/C17H24N2O3/c18-11-19-13-6-7-14(19)9-15(8-13)22-17(21)16(10-20)12-4-2-1-3-5-12/h1-5,13-16,20H,6-11,18H2. The number of aliphatic hydroxyl groups is 1. The highest BCUT2D eigenvalue weighted by Crippen LogP contribution is 2.36. The Bertz CT molecular complexity index is 494. The van der Waals surface area contributed by atoms with E-state index in [0.717, 1.165) is 31.2 Å². The van der Waals surface area contributed by atoms with Crippen molar-refractivity contribution in [2.75, 3.05) is 13.3 Å². The molecule has 0 radical (unpaired) electrons. The Kier molecular flexibility index (Phi) is 4.76. The smallest absolute Gasteiger partial charge is 0.316 e. The van der Waals surface area contributed by atoms with Gasteiger partial charge in [-0.25, -0.2) is 0 Å². The van der Waals surface area contributed by atoms with E-state index >= 15 is 0 Å². The number of nitrogens with zero attached hydrogens (tertiary/aromatic N) is 1. The summed E-state index contributed by atoms with van der Waals surface area (Å²) in [6.07, 6.45) is 3.93. The molecule has 2 aliphatic heterocycles. The van der Waals surface area contributed by atoms with Gasteiger partial charge in [-0.05, 0) is 18.4 Å². The average Bonchev–Trinajstić information content (AvgIpc) is 2.79. The SMILES string of the molecule is NCN1C2CCC1CC(OC(=O)C(CO)c1ccccc1)C2. The molecule has 3 atom stereocenters. The van der Waals surface area contributed by atoms with E-state index in [-0.39, 0.29) is 18.7 Å². The number of hydrogen-bond acceptors (Lipinski definition) is 5. The van der Waals surface area contributed by atoms with Gasteiger partial charge in [0.25, 0.3) is 0 Å². The second-order valence-corrected chi connectivity index (χ2v) is 6.26. The van der Waals surface area contributed by atoms with E-state index < -0.39 is 5.92 Å². The van der Waals surface area contributed by atoms with Gasteiger partial charge in [-0.1, -0.05) is 30.3 Å². The van der Waals surface area contributed by atoms with Crippen LogP contribution in [0, 0.1) is 0 Å². The van der Waals surface area contributed by atoms with Crippen LogP contribution in [0.15, 0.2) is 30.3 Å². The van der Waals surface area contributed by atoms with Crippen molar-refractivity contribution in [3.63, 3.8) is 0 Å². The number of rotatable bonds is 5. The third-order valence-electron chi connectivity index (χ3n) is 5.00. The maximum atomic E-state index is 12.4. The molecule has 0 saturated carbocycles. The molecule has 0 spiro atoms. The Morgan fingerprint density at radius 3 is 2.45 bits per heavy atom. The van der Waals surface area contributed by atoms with Gasteiger partial charge in [0.2, 0.25) is 0 Å². The molecule has 0 amide bonds. The van der Waals surface area contributed by atoms with E-state index in [9.17, 15) is 9.90 Å². The van der Waals surface area contributed by atoms with Crippen LogP contribution in [-0.2, 0) is 9.53 Å². The van der Waals surface area contributed by atoms with E-state index in [4.69, 9.17) is 10.5 Å². The van der Waals surface area contributed by atoms with Crippen LogP contribution < -0.4 is 5.73 Å². The predicted octanol–water partition coefficient (Wildman–Crippen LogP) is 1.22. The van der Waals surface area contributed by atoms with Crippen LogP contribution in [0.25, 0.3) is 0 Å². The van der Waals surface area contributed by atoms with Crippen molar-refractivity contribution in [2.45, 2.75) is 49.8 Å². The minimum absolute atomic E-state index is 0.0504. The first-order valence-corrected chi connectivity index (χ1v) is 8.05. The highest BCUT2D eigenvalue weighted by molar-refractivity contribution is 5.78. The van der Waals surface area contributed by atoms with Crippen LogP contribution in [0.2, 0.25) is 0 Å². The lowest BCUT2D eigenvalue weighted by molar-refractivity contribution is -0.155. The molecular formula is C17H24N2O3. The lowest BCUT2D eigenvalue weighted by Crippen LogP contribution is -2.48. The van der Waals surface area contributed by atoms with Crippen molar-refractivity contribution in [1.29, 1.82) is 0 Å². The molecule has 0 aromatic heterocycles. The van der Waals surface area contributed by atoms with E-state index in [1.807, 2.05) is 30.3 Å². The first-order valence-electron chi connectivity index (χ1n) is 8.05. The summed E-state index contributed by atoms with van der Waals surface area (Å²) in [4.78, 5) is 14.7. The van der Waals surface area contributed by atoms with Crippen molar-refractivity contribution in [3.05, 3.63) is 35.9 Å². The van der Waals surface area contributed by atoms with Gasteiger partial charge in [0.15, 0.2) is 0 Å². The minimum Gasteiger partial charge on any atom is -0.462 e. The largest absolute Gasteiger partial charge is 0.462 e. The molecule has 3 rings (SSSR count). The van der Waals surface area contributed by atoms with E-state index in [0.29, 0.717) is 18.8 Å². The maximum Gasteiger partial charge on any atom is 0.316 e. The molecule has 2 heterocycles. The number of ether oxygens (including phenoxy) is 1. The molecule has 5 nitrogen and oxygen atoms in total. The monoisotopic (exact) mass is 304 g/mol. The quantitative estimate of drug-likeness (QED) is 0.800. The second kappa shape index (κ2) is 6.77. The summed E-state index contributed by atoms with van der Waals surface area (Å²) < 4.78 is 5.71. The average molecular weight is 304 g/mol. The minimum atomic E-state index is -0.591. The fraction of sp³-hybridized carbons (Fsp3) is 0.588. The molecule has 1 aromatic rings. The highest BCUT2D eigenvalue weighted by Gasteiger charge is 2.41. The third-order valence-corrected chi connectivity index (χ3v) is 5.00. The Morgan fingerprint density at radius 2 is 1.91 bits per heavy atom. The molecule has 22 heavy (non-hydrogen) atoms. The first kappa shape index (κ1) is 15.5. The van der Waals surface area contributed by atoms with Crippen LogP contribution in [0.3, 0.4) is 0 Å². The molecule has 0 aliphatic carbocycles. The summed E-state index contributed by atoms with van der Waals surface area (Å²) >= 11 is 0. The number of benzene rings is 1. The van der Waals surface area contributed by atoms with Gasteiger partial charge < -0.3 is 15.6 Å². The van der Waals surface area contributed by atoms with E-state index in [1.165, 1.54) is 0 Å². The van der Waals surface area contributed by atoms with Crippen molar-refractivity contribution in [3.8, 4) is 0 Å². The number of fused-ring (bicyclic) bond motifs is 2. The number of nitrogens with two attached hydrogens (primary N) is 1. The fourth-order valence-electron chi connectivity index (χ4n) is 3.87. The highest BCUT2D eigenvalue weighted by atomic mass is 16.5. The zero-order valence-corrected chi connectivity index (χ0v) is 12.7. The van der Waals surface area contributed by atoms with E-state index in [2.05, 4.69) is 4.90 Å². The number of piperidine rings is 1. The van der Waals surface area contributed by atoms with Crippen LogP contribution in [0.1, 0.15) is 37.2 Å². The molecule has 2 bridgehead atoms. The van der Waals surface area contributed by atoms with Gasteiger partial charge in [-0.15, -0.1) is 0 Å². The number of carbonyl (C=O) groups is 1. The van der Waals surface area contributed by atoms with Gasteiger partial charge in [-0.2, -0.15) is 0 Å². The van der Waals surface area contributed by atoms with Gasteiger partial charge >= 0.3 is 5.97 Å². The van der Waals surface area contributed by atoms with E-state index in [1.54, 1.807) is 0 Å². The van der Waals surface area contributed by atoms with Gasteiger partial charge in [0.05, 0.1) is 6.61 Å². The number of aliphatic hydroxyl groups excluding tert-OH is 1. The molecule has 2 aliphatic rings. The van der Waals surface area contributed by atoms with Crippen LogP contribution in [0.4, 0.5) is 0 Å². The Balaban J connectivity index is 1.62. The molecule has 120 valence electrons. The lowest BCUT2D eigenvalue weighted by Gasteiger charge is -2.37. The number of hydrogen-bond donors (Lipinski definition) is 2. The number of esters is 1. The van der Waals surface area contributed by atoms with Crippen molar-refractivity contribution < 1.29 is 14.6 Å². The van der Waals surface area contributed by atoms with Gasteiger partial charge in [-0.3, -0.25) is 9.69 Å². The third kappa shape index (κ3) is 3.02. The summed E-state index contributed by atoms with van der Waals surface area (Å²) in [5.41, 5.74) is 6.60. The summed E-state index contributed by atoms with van der Waals surface area (Å²) in [6.45, 7) is 0.358. The zero-order valence-electron chi connectivity index (χ0n) is 12.7. The number of carbonyl (C=O) groups excluding carboxylic acids is 1. The molecular weight excluding hydrogens is 280 g/mol. The Morgan fingerprint density at radius 1 is 1.27 bits per heavy atom. The predicted molar refractivity (Wildman–Crippen MR) is 83.1 cm³/mol. The molecule has 3 N–H and O–H groups in total. The zero-order chi connectivity index (χ0) is 15.5. The summed E-state index contributed by atoms with van der Waals surface area (Å²) in [5.74, 6) is -0.911. The molecule has 2 fully saturated rings. The van der Waals surface area contributed by atoms with Gasteiger partial charge in [0, 0.05) is 31.6 Å². The van der Waals surface area contributed by atoms with Crippen LogP contribution in [-0.4, -0.2) is 47.4 Å². The van der Waals surface area contributed by atoms with Crippen molar-refractivity contribution in [1.82, 2.24) is 4.90 Å².